The van der Waals surface area contributed by atoms with Crippen molar-refractivity contribution in [2.75, 3.05) is 40.9 Å². The molecule has 3 unspecified atom stereocenters. The number of likely N-dealkylation sites (N-methyl/N-ethyl adjacent to an activating group) is 1. The fourth-order valence-corrected chi connectivity index (χ4v) is 10.6. The highest BCUT2D eigenvalue weighted by molar-refractivity contribution is 7.47. The Morgan fingerprint density at radius 1 is 0.438 bits per heavy atom. The lowest BCUT2D eigenvalue weighted by Gasteiger charge is -2.26. The highest BCUT2D eigenvalue weighted by atomic mass is 31.2. The van der Waals surface area contributed by atoms with Crippen LogP contribution in [-0.2, 0) is 18.4 Å². The smallest absolute Gasteiger partial charge is 0.391 e. The van der Waals surface area contributed by atoms with Gasteiger partial charge in [-0.15, -0.1) is 0 Å². The molecule has 0 saturated heterocycles. The number of hydrogen-bond donors (Lipinski definition) is 3. The Hall–Kier alpha value is -2.32. The number of phosphoric ester groups is 1. The first-order valence-electron chi connectivity index (χ1n) is 34.0. The standard InChI is InChI=1S/C71H131N2O6P/c1-6-8-10-12-14-16-18-20-22-24-26-28-29-30-31-32-33-34-35-36-37-38-39-40-41-42-43-45-47-49-51-53-55-57-59-61-63-65-71(75)72-69(68-79-80(76,77)78-67-66-73(3,4)5)70(74)64-62-60-58-56-54-52-50-48-46-44-27-25-23-21-19-17-15-13-11-9-7-2/h8,10,14,16,20,22,26,28,30-31,33-34,36-37,69-70,74H,6-7,9,11-13,15,17-19,21,23-25,27,29,32,35,38-68H2,1-5H3,(H-,72,75,76,77)/p+1/b10-8-,16-14-,22-20-,28-26-,31-30-,34-33-,37-36-. The molecular formula is C71H132N2O6P+. The molecule has 0 heterocycles. The zero-order valence-electron chi connectivity index (χ0n) is 53.3. The minimum atomic E-state index is -4.33. The summed E-state index contributed by atoms with van der Waals surface area (Å²) in [5.74, 6) is -0.143. The van der Waals surface area contributed by atoms with Crippen LogP contribution in [0.5, 0.6) is 0 Å². The third kappa shape index (κ3) is 63.3. The quantitative estimate of drug-likeness (QED) is 0.0243. The van der Waals surface area contributed by atoms with Gasteiger partial charge in [-0.25, -0.2) is 4.57 Å². The summed E-state index contributed by atoms with van der Waals surface area (Å²) >= 11 is 0. The van der Waals surface area contributed by atoms with Gasteiger partial charge in [-0.2, -0.15) is 0 Å². The fourth-order valence-electron chi connectivity index (χ4n) is 9.91. The highest BCUT2D eigenvalue weighted by Gasteiger charge is 2.28. The Labute approximate surface area is 497 Å². The number of nitrogens with one attached hydrogen (secondary N) is 1. The second kappa shape index (κ2) is 61.2. The lowest BCUT2D eigenvalue weighted by molar-refractivity contribution is -0.870. The van der Waals surface area contributed by atoms with Gasteiger partial charge in [0.25, 0.3) is 0 Å². The van der Waals surface area contributed by atoms with E-state index in [0.29, 0.717) is 23.9 Å². The molecule has 80 heavy (non-hydrogen) atoms. The first-order chi connectivity index (χ1) is 39.0. The molecule has 0 saturated carbocycles. The Bertz CT molecular complexity index is 1580. The molecule has 1 amide bonds. The van der Waals surface area contributed by atoms with Crippen LogP contribution in [0.4, 0.5) is 0 Å². The molecule has 0 aromatic rings. The lowest BCUT2D eigenvalue weighted by atomic mass is 10.0. The van der Waals surface area contributed by atoms with Crippen molar-refractivity contribution < 1.29 is 32.9 Å². The van der Waals surface area contributed by atoms with E-state index in [1.807, 2.05) is 21.1 Å². The summed E-state index contributed by atoms with van der Waals surface area (Å²) in [7, 11) is 1.62. The van der Waals surface area contributed by atoms with Gasteiger partial charge in [-0.1, -0.05) is 317 Å². The molecule has 0 aromatic heterocycles. The van der Waals surface area contributed by atoms with E-state index in [1.165, 1.54) is 199 Å². The van der Waals surface area contributed by atoms with Crippen LogP contribution in [0.25, 0.3) is 0 Å². The fraction of sp³-hybridized carbons (Fsp3) is 0.789. The van der Waals surface area contributed by atoms with Gasteiger partial charge in [0.1, 0.15) is 13.2 Å². The maximum atomic E-state index is 13.1. The van der Waals surface area contributed by atoms with E-state index in [0.717, 1.165) is 83.5 Å². The second-order valence-corrected chi connectivity index (χ2v) is 25.6. The van der Waals surface area contributed by atoms with E-state index in [-0.39, 0.29) is 19.1 Å². The van der Waals surface area contributed by atoms with Gasteiger partial charge in [0.2, 0.25) is 5.91 Å². The summed E-state index contributed by atoms with van der Waals surface area (Å²) in [4.78, 5) is 23.4. The van der Waals surface area contributed by atoms with Crippen LogP contribution in [0.1, 0.15) is 309 Å². The summed E-state index contributed by atoms with van der Waals surface area (Å²) < 4.78 is 23.9. The Morgan fingerprint density at radius 2 is 0.750 bits per heavy atom. The monoisotopic (exact) mass is 1140 g/mol. The minimum Gasteiger partial charge on any atom is -0.391 e. The van der Waals surface area contributed by atoms with Gasteiger partial charge in [-0.05, 0) is 70.6 Å². The van der Waals surface area contributed by atoms with Crippen LogP contribution < -0.4 is 5.32 Å². The number of aliphatic hydroxyl groups excluding tert-OH is 1. The van der Waals surface area contributed by atoms with Crippen molar-refractivity contribution in [3.05, 3.63) is 85.1 Å². The molecule has 0 fully saturated rings. The number of rotatable bonds is 62. The van der Waals surface area contributed by atoms with Crippen molar-refractivity contribution in [3.8, 4) is 0 Å². The molecule has 0 aliphatic carbocycles. The SMILES string of the molecule is CC/C=C\C/C=C\C/C=C\C/C=C\C/C=C\C/C=C\C/C=C\CCCCCCCCCCCCCCCCCC(=O)NC(COP(=O)(O)OCC[N+](C)(C)C)C(O)CCCCCCCCCCCCCCCCCCCCCCC. The van der Waals surface area contributed by atoms with Crippen LogP contribution >= 0.6 is 7.82 Å². The molecule has 0 spiro atoms. The first kappa shape index (κ1) is 77.7. The number of nitrogens with zero attached hydrogens (tertiary/aromatic N) is 1. The largest absolute Gasteiger partial charge is 0.472 e. The van der Waals surface area contributed by atoms with Crippen LogP contribution in [-0.4, -0.2) is 73.4 Å². The molecule has 3 N–H and O–H groups in total. The van der Waals surface area contributed by atoms with Gasteiger partial charge in [-0.3, -0.25) is 13.8 Å². The van der Waals surface area contributed by atoms with E-state index >= 15 is 0 Å². The second-order valence-electron chi connectivity index (χ2n) is 24.2. The molecule has 9 heteroatoms. The van der Waals surface area contributed by atoms with Crippen LogP contribution in [0.15, 0.2) is 85.1 Å². The Balaban J connectivity index is 4.03. The van der Waals surface area contributed by atoms with Crippen molar-refractivity contribution in [2.45, 2.75) is 321 Å². The predicted molar refractivity (Wildman–Crippen MR) is 350 cm³/mol. The molecule has 0 radical (unpaired) electrons. The summed E-state index contributed by atoms with van der Waals surface area (Å²) in [6.07, 6.45) is 86.7. The number of carbonyl (C=O) groups is 1. The highest BCUT2D eigenvalue weighted by Crippen LogP contribution is 2.43. The molecule has 0 aromatic carbocycles. The van der Waals surface area contributed by atoms with Gasteiger partial charge < -0.3 is 19.8 Å². The molecule has 466 valence electrons. The van der Waals surface area contributed by atoms with Crippen LogP contribution in [0, 0.1) is 0 Å². The number of aliphatic hydroxyl groups is 1. The zero-order valence-corrected chi connectivity index (χ0v) is 54.2. The topological polar surface area (TPSA) is 105 Å². The van der Waals surface area contributed by atoms with E-state index in [2.05, 4.69) is 104 Å². The van der Waals surface area contributed by atoms with E-state index in [4.69, 9.17) is 9.05 Å². The zero-order chi connectivity index (χ0) is 58.4. The van der Waals surface area contributed by atoms with E-state index in [1.54, 1.807) is 0 Å². The number of allylic oxidation sites excluding steroid dienone is 14. The number of unbranched alkanes of at least 4 members (excludes halogenated alkanes) is 35. The third-order valence-electron chi connectivity index (χ3n) is 15.2. The Morgan fingerprint density at radius 3 is 1.10 bits per heavy atom. The van der Waals surface area contributed by atoms with Crippen LogP contribution in [0.3, 0.4) is 0 Å². The van der Waals surface area contributed by atoms with Crippen LogP contribution in [0.2, 0.25) is 0 Å². The number of amides is 1. The summed E-state index contributed by atoms with van der Waals surface area (Å²) in [6.45, 7) is 4.81. The maximum absolute atomic E-state index is 13.1. The summed E-state index contributed by atoms with van der Waals surface area (Å²) in [5, 5.41) is 14.1. The molecule has 0 aliphatic rings. The Kier molecular flexibility index (Phi) is 59.5. The van der Waals surface area contributed by atoms with Crippen molar-refractivity contribution in [2.24, 2.45) is 0 Å². The van der Waals surface area contributed by atoms with E-state index < -0.39 is 20.0 Å². The molecule has 8 nitrogen and oxygen atoms in total. The van der Waals surface area contributed by atoms with Gasteiger partial charge >= 0.3 is 7.82 Å². The number of quaternary nitrogens is 1. The summed E-state index contributed by atoms with van der Waals surface area (Å²) in [5.41, 5.74) is 0. The van der Waals surface area contributed by atoms with Crippen molar-refractivity contribution in [1.29, 1.82) is 0 Å². The van der Waals surface area contributed by atoms with Gasteiger partial charge in [0.05, 0.1) is 39.9 Å². The molecule has 3 atom stereocenters. The normalized spacial score (nSPS) is 14.2. The van der Waals surface area contributed by atoms with E-state index in [9.17, 15) is 19.4 Å². The molecule has 0 rings (SSSR count). The number of carbonyl (C=O) groups excluding carboxylic acids is 1. The molecule has 0 aliphatic heterocycles. The van der Waals surface area contributed by atoms with Gasteiger partial charge in [0, 0.05) is 6.42 Å². The average molecular weight is 1140 g/mol. The summed E-state index contributed by atoms with van der Waals surface area (Å²) in [6, 6.07) is -0.765. The van der Waals surface area contributed by atoms with Gasteiger partial charge in [0.15, 0.2) is 0 Å². The van der Waals surface area contributed by atoms with Crippen molar-refractivity contribution >= 4 is 13.7 Å². The lowest BCUT2D eigenvalue weighted by Crippen LogP contribution is -2.46. The van der Waals surface area contributed by atoms with Crippen molar-refractivity contribution in [1.82, 2.24) is 5.32 Å². The average Bonchev–Trinajstić information content (AvgIpc) is 3.42. The number of hydrogen-bond acceptors (Lipinski definition) is 5. The minimum absolute atomic E-state index is 0.0734. The predicted octanol–water partition coefficient (Wildman–Crippen LogP) is 21.5. The maximum Gasteiger partial charge on any atom is 0.472 e. The number of phosphoric acid groups is 1. The van der Waals surface area contributed by atoms with Crippen molar-refractivity contribution in [3.63, 3.8) is 0 Å². The third-order valence-corrected chi connectivity index (χ3v) is 16.1. The molecular weight excluding hydrogens is 1010 g/mol. The molecule has 0 bridgehead atoms. The first-order valence-corrected chi connectivity index (χ1v) is 35.4.